The van der Waals surface area contributed by atoms with Crippen LogP contribution in [0.15, 0.2) is 0 Å². The number of nitrogens with one attached hydrogen (secondary N) is 1. The third-order valence-corrected chi connectivity index (χ3v) is 0.870. The van der Waals surface area contributed by atoms with E-state index in [1.165, 1.54) is 5.32 Å². The lowest BCUT2D eigenvalue weighted by Gasteiger charge is -1.93. The molecule has 2 amide bonds. The second-order valence-electron chi connectivity index (χ2n) is 1.98. The lowest BCUT2D eigenvalue weighted by Crippen LogP contribution is -2.17. The summed E-state index contributed by atoms with van der Waals surface area (Å²) in [6.07, 6.45) is -1.23. The molecule has 0 aromatic carbocycles. The fourth-order valence-corrected chi connectivity index (χ4v) is 0.477. The number of aromatic nitrogens is 3. The summed E-state index contributed by atoms with van der Waals surface area (Å²) in [6.45, 7) is 0. The van der Waals surface area contributed by atoms with Crippen molar-refractivity contribution in [3.05, 3.63) is 0 Å². The standard InChI is InChI=1S/C3H6N6.C2H3NO3/c4-1-7-2(5)9-3(6)8-1;4-1-3-2(5)6/h(H6,4,5,6,7,8,9);1H,(H,3,4)(H,5,6). The number of amides is 2. The van der Waals surface area contributed by atoms with Crippen molar-refractivity contribution >= 4 is 30.3 Å². The van der Waals surface area contributed by atoms with Crippen molar-refractivity contribution in [3.8, 4) is 0 Å². The summed E-state index contributed by atoms with van der Waals surface area (Å²) in [6, 6.07) is 0. The number of carbonyl (C=O) groups excluding carboxylic acids is 1. The SMILES string of the molecule is Nc1nc(N)nc(N)n1.O=CNC(=O)O. The lowest BCUT2D eigenvalue weighted by molar-refractivity contribution is -0.108. The molecular weight excluding hydrogens is 206 g/mol. The molecule has 1 rings (SSSR count). The molecule has 1 heterocycles. The molecule has 82 valence electrons. The maximum absolute atomic E-state index is 9.26. The van der Waals surface area contributed by atoms with E-state index >= 15 is 0 Å². The number of nitrogens with zero attached hydrogens (tertiary/aromatic N) is 3. The number of nitrogens with two attached hydrogens (primary N) is 3. The molecule has 0 aliphatic rings. The van der Waals surface area contributed by atoms with E-state index in [1.807, 2.05) is 0 Å². The summed E-state index contributed by atoms with van der Waals surface area (Å²) in [5.74, 6) is 0.125. The molecule has 0 saturated carbocycles. The van der Waals surface area contributed by atoms with E-state index in [0.29, 0.717) is 0 Å². The number of hydrogen-bond donors (Lipinski definition) is 5. The van der Waals surface area contributed by atoms with Gasteiger partial charge in [-0.15, -0.1) is 0 Å². The summed E-state index contributed by atoms with van der Waals surface area (Å²) < 4.78 is 0. The maximum atomic E-state index is 9.26. The first kappa shape index (κ1) is 12.3. The van der Waals surface area contributed by atoms with Gasteiger partial charge in [-0.25, -0.2) is 4.79 Å². The molecule has 0 aliphatic heterocycles. The van der Waals surface area contributed by atoms with Crippen LogP contribution in [0.5, 0.6) is 0 Å². The maximum Gasteiger partial charge on any atom is 0.411 e. The van der Waals surface area contributed by atoms with Crippen molar-refractivity contribution in [1.29, 1.82) is 0 Å². The normalized spacial score (nSPS) is 8.27. The Bertz CT molecular complexity index is 304. The first-order chi connectivity index (χ1) is 6.95. The van der Waals surface area contributed by atoms with Gasteiger partial charge in [0.05, 0.1) is 0 Å². The van der Waals surface area contributed by atoms with Crippen molar-refractivity contribution in [2.24, 2.45) is 0 Å². The highest BCUT2D eigenvalue weighted by atomic mass is 16.4. The van der Waals surface area contributed by atoms with Crippen molar-refractivity contribution in [2.75, 3.05) is 17.2 Å². The van der Waals surface area contributed by atoms with Crippen molar-refractivity contribution < 1.29 is 14.7 Å². The Morgan fingerprint density at radius 1 is 1.13 bits per heavy atom. The number of rotatable bonds is 1. The minimum Gasteiger partial charge on any atom is -0.465 e. The zero-order valence-electron chi connectivity index (χ0n) is 7.41. The quantitative estimate of drug-likeness (QED) is 0.331. The number of carbonyl (C=O) groups is 2. The van der Waals surface area contributed by atoms with Gasteiger partial charge in [-0.2, -0.15) is 15.0 Å². The fourth-order valence-electron chi connectivity index (χ4n) is 0.477. The van der Waals surface area contributed by atoms with Crippen LogP contribution >= 0.6 is 0 Å². The van der Waals surface area contributed by atoms with Gasteiger partial charge in [0.2, 0.25) is 24.3 Å². The summed E-state index contributed by atoms with van der Waals surface area (Å²) in [5, 5.41) is 9.02. The Morgan fingerprint density at radius 2 is 1.47 bits per heavy atom. The monoisotopic (exact) mass is 215 g/mol. The predicted molar refractivity (Wildman–Crippen MR) is 50.3 cm³/mol. The van der Waals surface area contributed by atoms with Crippen LogP contribution in [0.1, 0.15) is 0 Å². The predicted octanol–water partition coefficient (Wildman–Crippen LogP) is -1.97. The molecule has 10 heteroatoms. The zero-order chi connectivity index (χ0) is 11.8. The molecule has 15 heavy (non-hydrogen) atoms. The van der Waals surface area contributed by atoms with Gasteiger partial charge >= 0.3 is 6.09 Å². The smallest absolute Gasteiger partial charge is 0.411 e. The Balaban J connectivity index is 0.000000288. The number of nitrogen functional groups attached to an aromatic ring is 3. The van der Waals surface area contributed by atoms with Crippen LogP contribution in [-0.2, 0) is 4.79 Å². The van der Waals surface area contributed by atoms with Gasteiger partial charge < -0.3 is 22.3 Å². The topological polar surface area (TPSA) is 183 Å². The van der Waals surface area contributed by atoms with Crippen molar-refractivity contribution in [3.63, 3.8) is 0 Å². The summed E-state index contributed by atoms with van der Waals surface area (Å²) in [4.78, 5) is 28.8. The minimum atomic E-state index is -1.33. The van der Waals surface area contributed by atoms with E-state index < -0.39 is 6.09 Å². The van der Waals surface area contributed by atoms with Crippen LogP contribution in [0.4, 0.5) is 22.6 Å². The first-order valence-electron chi connectivity index (χ1n) is 3.41. The second-order valence-corrected chi connectivity index (χ2v) is 1.98. The Hall–Kier alpha value is -2.65. The highest BCUT2D eigenvalue weighted by molar-refractivity contribution is 5.77. The van der Waals surface area contributed by atoms with Crippen molar-refractivity contribution in [2.45, 2.75) is 0 Å². The van der Waals surface area contributed by atoms with Gasteiger partial charge in [0, 0.05) is 0 Å². The van der Waals surface area contributed by atoms with Gasteiger partial charge in [0.1, 0.15) is 0 Å². The van der Waals surface area contributed by atoms with E-state index in [2.05, 4.69) is 15.0 Å². The summed E-state index contributed by atoms with van der Waals surface area (Å²) >= 11 is 0. The molecule has 0 atom stereocenters. The molecule has 0 spiro atoms. The molecule has 0 aliphatic carbocycles. The number of carboxylic acid groups (broad SMARTS) is 1. The fraction of sp³-hybridized carbons (Fsp3) is 0. The number of anilines is 3. The summed E-state index contributed by atoms with van der Waals surface area (Å²) in [5.41, 5.74) is 15.4. The van der Waals surface area contributed by atoms with E-state index in [-0.39, 0.29) is 24.3 Å². The Labute approximate surface area is 83.5 Å². The molecule has 8 N–H and O–H groups in total. The minimum absolute atomic E-state index is 0.0417. The van der Waals surface area contributed by atoms with Gasteiger partial charge in [0.25, 0.3) is 0 Å². The van der Waals surface area contributed by atoms with E-state index in [0.717, 1.165) is 0 Å². The number of imide groups is 1. The first-order valence-corrected chi connectivity index (χ1v) is 3.41. The third kappa shape index (κ3) is 6.51. The molecule has 0 radical (unpaired) electrons. The van der Waals surface area contributed by atoms with Gasteiger partial charge in [-0.05, 0) is 0 Å². The number of hydrogen-bond acceptors (Lipinski definition) is 8. The van der Waals surface area contributed by atoms with Gasteiger partial charge in [-0.1, -0.05) is 0 Å². The van der Waals surface area contributed by atoms with Crippen LogP contribution in [0, 0.1) is 0 Å². The van der Waals surface area contributed by atoms with E-state index in [1.54, 1.807) is 0 Å². The van der Waals surface area contributed by atoms with Crippen LogP contribution in [0.25, 0.3) is 0 Å². The zero-order valence-corrected chi connectivity index (χ0v) is 7.41. The van der Waals surface area contributed by atoms with E-state index in [9.17, 15) is 4.79 Å². The van der Waals surface area contributed by atoms with Crippen LogP contribution < -0.4 is 22.5 Å². The highest BCUT2D eigenvalue weighted by Crippen LogP contribution is 1.97. The Morgan fingerprint density at radius 3 is 1.60 bits per heavy atom. The van der Waals surface area contributed by atoms with Crippen LogP contribution in [0.2, 0.25) is 0 Å². The van der Waals surface area contributed by atoms with Crippen molar-refractivity contribution in [1.82, 2.24) is 20.3 Å². The average molecular weight is 215 g/mol. The molecular formula is C5H9N7O3. The largest absolute Gasteiger partial charge is 0.465 e. The van der Waals surface area contributed by atoms with Crippen LogP contribution in [0.3, 0.4) is 0 Å². The molecule has 0 fully saturated rings. The van der Waals surface area contributed by atoms with Gasteiger partial charge in [-0.3, -0.25) is 10.1 Å². The van der Waals surface area contributed by atoms with Gasteiger partial charge in [0.15, 0.2) is 0 Å². The molecule has 10 nitrogen and oxygen atoms in total. The molecule has 0 bridgehead atoms. The highest BCUT2D eigenvalue weighted by Gasteiger charge is 1.93. The Kier molecular flexibility index (Phi) is 4.86. The second kappa shape index (κ2) is 5.90. The average Bonchev–Trinajstić information content (AvgIpc) is 2.00. The summed E-state index contributed by atoms with van der Waals surface area (Å²) in [7, 11) is 0. The molecule has 1 aromatic rings. The van der Waals surface area contributed by atoms with Crippen LogP contribution in [-0.4, -0.2) is 32.6 Å². The molecule has 0 saturated heterocycles. The lowest BCUT2D eigenvalue weighted by atomic mass is 10.9. The third-order valence-electron chi connectivity index (χ3n) is 0.870. The molecule has 0 unspecified atom stereocenters. The van der Waals surface area contributed by atoms with E-state index in [4.69, 9.17) is 27.1 Å². The molecule has 1 aromatic heterocycles.